The summed E-state index contributed by atoms with van der Waals surface area (Å²) in [6.07, 6.45) is 6.20. The Balaban J connectivity index is 0.00000300. The number of guanidine groups is 1. The number of nitrogens with one attached hydrogen (secondary N) is 2. The lowest BCUT2D eigenvalue weighted by atomic mass is 10.2. The quantitative estimate of drug-likeness (QED) is 0.247. The van der Waals surface area contributed by atoms with E-state index in [9.17, 15) is 0 Å². The van der Waals surface area contributed by atoms with Crippen LogP contribution in [-0.4, -0.2) is 37.7 Å². The van der Waals surface area contributed by atoms with Gasteiger partial charge in [0.1, 0.15) is 18.2 Å². The Morgan fingerprint density at radius 1 is 1.17 bits per heavy atom. The number of rotatable bonds is 8. The van der Waals surface area contributed by atoms with Gasteiger partial charge in [-0.15, -0.1) is 24.0 Å². The third-order valence-electron chi connectivity index (χ3n) is 4.70. The predicted octanol–water partition coefficient (Wildman–Crippen LogP) is 3.73. The molecule has 156 valence electrons. The first-order valence-corrected chi connectivity index (χ1v) is 9.76. The molecule has 2 heterocycles. The summed E-state index contributed by atoms with van der Waals surface area (Å²) in [5.74, 6) is 2.66. The van der Waals surface area contributed by atoms with Crippen LogP contribution in [0.5, 0.6) is 5.75 Å². The van der Waals surface area contributed by atoms with Crippen molar-refractivity contribution in [3.63, 3.8) is 0 Å². The van der Waals surface area contributed by atoms with Crippen molar-refractivity contribution in [2.45, 2.75) is 25.9 Å². The van der Waals surface area contributed by atoms with E-state index in [2.05, 4.69) is 44.2 Å². The molecule has 3 rings (SSSR count). The van der Waals surface area contributed by atoms with Gasteiger partial charge in [-0.1, -0.05) is 36.9 Å². The maximum absolute atomic E-state index is 5.70. The first kappa shape index (κ1) is 23.0. The number of nitrogens with zero attached hydrogens (tertiary/aromatic N) is 3. The fourth-order valence-corrected chi connectivity index (χ4v) is 3.18. The highest BCUT2D eigenvalue weighted by atomic mass is 127. The van der Waals surface area contributed by atoms with Crippen molar-refractivity contribution in [3.05, 3.63) is 66.4 Å². The van der Waals surface area contributed by atoms with Crippen LogP contribution in [0.2, 0.25) is 0 Å². The molecule has 0 radical (unpaired) electrons. The highest BCUT2D eigenvalue weighted by Crippen LogP contribution is 2.18. The van der Waals surface area contributed by atoms with Gasteiger partial charge in [-0.05, 0) is 30.5 Å². The molecule has 2 aromatic rings. The molecule has 0 unspecified atom stereocenters. The number of ether oxygens (including phenoxy) is 1. The standard InChI is InChI=1S/C22H29N5O.HI/c1-3-14-28-20-9-5-4-8-19(20)17-26-22(23-2)25-16-18-10-11-21(24-15-18)27-12-6-7-13-27;/h3-5,8-11,15H,1,6-7,12-14,16-17H2,2H3,(H2,23,25,26);1H. The van der Waals surface area contributed by atoms with E-state index in [-0.39, 0.29) is 24.0 Å². The van der Waals surface area contributed by atoms with Crippen LogP contribution < -0.4 is 20.3 Å². The van der Waals surface area contributed by atoms with Crippen LogP contribution in [0, 0.1) is 0 Å². The van der Waals surface area contributed by atoms with Gasteiger partial charge < -0.3 is 20.3 Å². The molecule has 0 atom stereocenters. The van der Waals surface area contributed by atoms with E-state index in [4.69, 9.17) is 4.74 Å². The Bertz CT molecular complexity index is 788. The van der Waals surface area contributed by atoms with Crippen LogP contribution in [0.15, 0.2) is 60.2 Å². The molecule has 0 spiro atoms. The monoisotopic (exact) mass is 507 g/mol. The predicted molar refractivity (Wildman–Crippen MR) is 130 cm³/mol. The lowest BCUT2D eigenvalue weighted by Crippen LogP contribution is -2.36. The lowest BCUT2D eigenvalue weighted by molar-refractivity contribution is 0.358. The van der Waals surface area contributed by atoms with Crippen LogP contribution in [0.1, 0.15) is 24.0 Å². The summed E-state index contributed by atoms with van der Waals surface area (Å²) in [4.78, 5) is 11.2. The second kappa shape index (κ2) is 12.3. The van der Waals surface area contributed by atoms with E-state index in [0.717, 1.165) is 41.7 Å². The zero-order valence-electron chi connectivity index (χ0n) is 16.9. The Morgan fingerprint density at radius 3 is 2.62 bits per heavy atom. The van der Waals surface area contributed by atoms with Gasteiger partial charge in [-0.25, -0.2) is 4.98 Å². The molecule has 1 aromatic carbocycles. The highest BCUT2D eigenvalue weighted by molar-refractivity contribution is 14.0. The molecule has 1 fully saturated rings. The van der Waals surface area contributed by atoms with E-state index >= 15 is 0 Å². The van der Waals surface area contributed by atoms with Crippen LogP contribution in [-0.2, 0) is 13.1 Å². The number of anilines is 1. The molecule has 7 heteroatoms. The van der Waals surface area contributed by atoms with Gasteiger partial charge in [-0.2, -0.15) is 0 Å². The van der Waals surface area contributed by atoms with Crippen molar-refractivity contribution in [1.29, 1.82) is 0 Å². The molecule has 0 bridgehead atoms. The zero-order valence-corrected chi connectivity index (χ0v) is 19.3. The van der Waals surface area contributed by atoms with Crippen molar-refractivity contribution >= 4 is 35.8 Å². The smallest absolute Gasteiger partial charge is 0.191 e. The van der Waals surface area contributed by atoms with E-state index in [1.807, 2.05) is 30.5 Å². The van der Waals surface area contributed by atoms with Crippen LogP contribution in [0.25, 0.3) is 0 Å². The van der Waals surface area contributed by atoms with Crippen LogP contribution in [0.4, 0.5) is 5.82 Å². The second-order valence-corrected chi connectivity index (χ2v) is 6.71. The maximum atomic E-state index is 5.70. The van der Waals surface area contributed by atoms with E-state index in [1.165, 1.54) is 12.8 Å². The van der Waals surface area contributed by atoms with Gasteiger partial charge in [0.25, 0.3) is 0 Å². The summed E-state index contributed by atoms with van der Waals surface area (Å²) >= 11 is 0. The fourth-order valence-electron chi connectivity index (χ4n) is 3.18. The largest absolute Gasteiger partial charge is 0.489 e. The minimum Gasteiger partial charge on any atom is -0.489 e. The average molecular weight is 507 g/mol. The first-order valence-electron chi connectivity index (χ1n) is 9.76. The summed E-state index contributed by atoms with van der Waals surface area (Å²) in [6.45, 7) is 7.70. The molecule has 0 aliphatic carbocycles. The minimum absolute atomic E-state index is 0. The molecular weight excluding hydrogens is 477 g/mol. The number of hydrogen-bond acceptors (Lipinski definition) is 4. The molecule has 0 amide bonds. The van der Waals surface area contributed by atoms with Crippen molar-refractivity contribution < 1.29 is 4.74 Å². The van der Waals surface area contributed by atoms with Crippen LogP contribution in [0.3, 0.4) is 0 Å². The van der Waals surface area contributed by atoms with Gasteiger partial charge in [0.05, 0.1) is 0 Å². The van der Waals surface area contributed by atoms with Gasteiger partial charge >= 0.3 is 0 Å². The number of benzene rings is 1. The molecule has 6 nitrogen and oxygen atoms in total. The van der Waals surface area contributed by atoms with Gasteiger partial charge in [0.15, 0.2) is 5.96 Å². The third-order valence-corrected chi connectivity index (χ3v) is 4.70. The molecule has 29 heavy (non-hydrogen) atoms. The Hall–Kier alpha value is -2.29. The summed E-state index contributed by atoms with van der Waals surface area (Å²) in [5, 5.41) is 6.67. The highest BCUT2D eigenvalue weighted by Gasteiger charge is 2.13. The Labute approximate surface area is 190 Å². The fraction of sp³-hybridized carbons (Fsp3) is 0.364. The maximum Gasteiger partial charge on any atom is 0.191 e. The topological polar surface area (TPSA) is 61.8 Å². The van der Waals surface area contributed by atoms with Gasteiger partial charge in [-0.3, -0.25) is 4.99 Å². The molecule has 2 N–H and O–H groups in total. The lowest BCUT2D eigenvalue weighted by Gasteiger charge is -2.17. The van der Waals surface area contributed by atoms with Crippen molar-refractivity contribution in [2.24, 2.45) is 4.99 Å². The van der Waals surface area contributed by atoms with E-state index in [1.54, 1.807) is 13.1 Å². The number of para-hydroxylation sites is 1. The summed E-state index contributed by atoms with van der Waals surface area (Å²) in [6, 6.07) is 12.2. The SMILES string of the molecule is C=CCOc1ccccc1CNC(=NC)NCc1ccc(N2CCCC2)nc1.I. The van der Waals surface area contributed by atoms with Crippen LogP contribution >= 0.6 is 24.0 Å². The third kappa shape index (κ3) is 6.92. The van der Waals surface area contributed by atoms with Gasteiger partial charge in [0.2, 0.25) is 0 Å². The van der Waals surface area contributed by atoms with Crippen molar-refractivity contribution in [1.82, 2.24) is 15.6 Å². The van der Waals surface area contributed by atoms with E-state index < -0.39 is 0 Å². The Kier molecular flexibility index (Phi) is 9.76. The number of hydrogen-bond donors (Lipinski definition) is 2. The molecule has 1 aliphatic heterocycles. The molecule has 1 aromatic heterocycles. The number of aromatic nitrogens is 1. The van der Waals surface area contributed by atoms with Gasteiger partial charge in [0, 0.05) is 45.0 Å². The summed E-state index contributed by atoms with van der Waals surface area (Å²) in [5.41, 5.74) is 2.20. The zero-order chi connectivity index (χ0) is 19.6. The van der Waals surface area contributed by atoms with Crippen molar-refractivity contribution in [3.8, 4) is 5.75 Å². The number of halogens is 1. The summed E-state index contributed by atoms with van der Waals surface area (Å²) in [7, 11) is 1.77. The number of pyridine rings is 1. The number of aliphatic imine (C=N–C) groups is 1. The Morgan fingerprint density at radius 2 is 1.93 bits per heavy atom. The molecular formula is C22H30IN5O. The summed E-state index contributed by atoms with van der Waals surface area (Å²) < 4.78 is 5.70. The first-order chi connectivity index (χ1) is 13.8. The molecule has 0 saturated carbocycles. The molecule has 1 aliphatic rings. The van der Waals surface area contributed by atoms with Crippen molar-refractivity contribution in [2.75, 3.05) is 31.6 Å². The minimum atomic E-state index is 0. The average Bonchev–Trinajstić information content (AvgIpc) is 3.28. The normalized spacial score (nSPS) is 13.6. The van der Waals surface area contributed by atoms with E-state index in [0.29, 0.717) is 19.7 Å². The second-order valence-electron chi connectivity index (χ2n) is 6.71. The molecule has 1 saturated heterocycles.